The monoisotopic (exact) mass is 259 g/mol. The Bertz CT molecular complexity index is 631. The molecular formula is C15H18FN3. The number of fused-ring (bicyclic) bond motifs is 1. The van der Waals surface area contributed by atoms with Crippen LogP contribution in [0.4, 0.5) is 4.39 Å². The lowest BCUT2D eigenvalue weighted by Gasteiger charge is -2.22. The van der Waals surface area contributed by atoms with Gasteiger partial charge in [0.1, 0.15) is 11.6 Å². The molecule has 4 heteroatoms. The molecule has 0 fully saturated rings. The molecule has 0 saturated carbocycles. The van der Waals surface area contributed by atoms with Gasteiger partial charge in [-0.25, -0.2) is 9.37 Å². The maximum Gasteiger partial charge on any atom is 0.126 e. The lowest BCUT2D eigenvalue weighted by atomic mass is 9.99. The molecule has 1 aliphatic heterocycles. The molecule has 0 aliphatic carbocycles. The molecule has 0 spiro atoms. The third-order valence-corrected chi connectivity index (χ3v) is 3.87. The Morgan fingerprint density at radius 1 is 1.37 bits per heavy atom. The van der Waals surface area contributed by atoms with Crippen molar-refractivity contribution in [2.24, 2.45) is 5.73 Å². The second-order valence-electron chi connectivity index (χ2n) is 5.32. The summed E-state index contributed by atoms with van der Waals surface area (Å²) in [5.41, 5.74) is 9.82. The van der Waals surface area contributed by atoms with Crippen molar-refractivity contribution in [3.63, 3.8) is 0 Å². The molecule has 19 heavy (non-hydrogen) atoms. The first-order valence-electron chi connectivity index (χ1n) is 6.64. The van der Waals surface area contributed by atoms with Gasteiger partial charge in [-0.2, -0.15) is 0 Å². The van der Waals surface area contributed by atoms with E-state index < -0.39 is 0 Å². The molecule has 1 atom stereocenters. The Kier molecular flexibility index (Phi) is 2.90. The van der Waals surface area contributed by atoms with Gasteiger partial charge in [0.2, 0.25) is 0 Å². The second kappa shape index (κ2) is 4.46. The van der Waals surface area contributed by atoms with Crippen LogP contribution in [-0.4, -0.2) is 15.6 Å². The summed E-state index contributed by atoms with van der Waals surface area (Å²) >= 11 is 0. The third kappa shape index (κ3) is 2.06. The summed E-state index contributed by atoms with van der Waals surface area (Å²) in [5.74, 6) is 0.837. The Balaban J connectivity index is 2.12. The maximum absolute atomic E-state index is 13.4. The zero-order valence-electron chi connectivity index (χ0n) is 11.3. The Labute approximate surface area is 112 Å². The fraction of sp³-hybridized carbons (Fsp3) is 0.400. The molecular weight excluding hydrogens is 241 g/mol. The van der Waals surface area contributed by atoms with Crippen molar-refractivity contribution in [2.75, 3.05) is 0 Å². The first-order valence-corrected chi connectivity index (χ1v) is 6.64. The molecule has 0 saturated heterocycles. The van der Waals surface area contributed by atoms with Crippen LogP contribution in [0.2, 0.25) is 0 Å². The number of nitrogens with zero attached hydrogens (tertiary/aromatic N) is 2. The van der Waals surface area contributed by atoms with Gasteiger partial charge in [-0.15, -0.1) is 0 Å². The van der Waals surface area contributed by atoms with E-state index in [0.29, 0.717) is 5.56 Å². The minimum atomic E-state index is -0.176. The predicted molar refractivity (Wildman–Crippen MR) is 73.4 cm³/mol. The second-order valence-corrected chi connectivity index (χ2v) is 5.32. The summed E-state index contributed by atoms with van der Waals surface area (Å²) in [6, 6.07) is 5.36. The number of benzene rings is 1. The van der Waals surface area contributed by atoms with E-state index in [1.54, 1.807) is 13.0 Å². The van der Waals surface area contributed by atoms with Crippen LogP contribution >= 0.6 is 0 Å². The number of aromatic nitrogens is 2. The molecule has 0 amide bonds. The highest BCUT2D eigenvalue weighted by atomic mass is 19.1. The molecule has 1 aromatic carbocycles. The Hall–Kier alpha value is -1.68. The van der Waals surface area contributed by atoms with Crippen LogP contribution < -0.4 is 5.73 Å². The van der Waals surface area contributed by atoms with E-state index >= 15 is 0 Å². The summed E-state index contributed by atoms with van der Waals surface area (Å²) in [6.07, 6.45) is 1.83. The number of aryl methyl sites for hydroxylation is 2. The van der Waals surface area contributed by atoms with Crippen molar-refractivity contribution in [1.29, 1.82) is 0 Å². The summed E-state index contributed by atoms with van der Waals surface area (Å²) in [7, 11) is 0. The number of hydrogen-bond acceptors (Lipinski definition) is 2. The van der Waals surface area contributed by atoms with E-state index in [1.807, 2.05) is 13.0 Å². The van der Waals surface area contributed by atoms with Crippen LogP contribution in [-0.2, 0) is 13.0 Å². The molecule has 3 nitrogen and oxygen atoms in total. The van der Waals surface area contributed by atoms with Gasteiger partial charge >= 0.3 is 0 Å². The number of nitrogens with two attached hydrogens (primary N) is 1. The Morgan fingerprint density at radius 2 is 2.16 bits per heavy atom. The van der Waals surface area contributed by atoms with Gasteiger partial charge in [0, 0.05) is 30.3 Å². The van der Waals surface area contributed by atoms with Gasteiger partial charge in [0.25, 0.3) is 0 Å². The molecule has 1 aliphatic rings. The largest absolute Gasteiger partial charge is 0.332 e. The SMILES string of the molecule is Cc1cc(-c2nc(C)n3c2CC(N)CC3)ccc1F. The maximum atomic E-state index is 13.4. The lowest BCUT2D eigenvalue weighted by Crippen LogP contribution is -2.31. The fourth-order valence-corrected chi connectivity index (χ4v) is 2.78. The van der Waals surface area contributed by atoms with E-state index in [0.717, 1.165) is 36.5 Å². The number of imidazole rings is 1. The van der Waals surface area contributed by atoms with E-state index in [4.69, 9.17) is 5.73 Å². The molecule has 3 rings (SSSR count). The van der Waals surface area contributed by atoms with Crippen LogP contribution in [0, 0.1) is 19.7 Å². The average Bonchev–Trinajstić information content (AvgIpc) is 2.70. The molecule has 0 bridgehead atoms. The smallest absolute Gasteiger partial charge is 0.126 e. The normalized spacial score (nSPS) is 18.4. The highest BCUT2D eigenvalue weighted by Crippen LogP contribution is 2.29. The van der Waals surface area contributed by atoms with E-state index in [9.17, 15) is 4.39 Å². The number of rotatable bonds is 1. The molecule has 1 unspecified atom stereocenters. The first-order chi connectivity index (χ1) is 9.06. The molecule has 2 aromatic rings. The summed E-state index contributed by atoms with van der Waals surface area (Å²) in [6.45, 7) is 4.72. The third-order valence-electron chi connectivity index (χ3n) is 3.87. The van der Waals surface area contributed by atoms with Crippen molar-refractivity contribution in [3.8, 4) is 11.3 Å². The summed E-state index contributed by atoms with van der Waals surface area (Å²) in [4.78, 5) is 4.65. The average molecular weight is 259 g/mol. The minimum absolute atomic E-state index is 0.176. The van der Waals surface area contributed by atoms with Gasteiger partial charge in [-0.3, -0.25) is 0 Å². The van der Waals surface area contributed by atoms with Gasteiger partial charge in [0.15, 0.2) is 0 Å². The highest BCUT2D eigenvalue weighted by molar-refractivity contribution is 5.63. The van der Waals surface area contributed by atoms with E-state index in [2.05, 4.69) is 9.55 Å². The fourth-order valence-electron chi connectivity index (χ4n) is 2.78. The molecule has 2 N–H and O–H groups in total. The van der Waals surface area contributed by atoms with E-state index in [1.165, 1.54) is 11.8 Å². The zero-order valence-corrected chi connectivity index (χ0v) is 11.3. The van der Waals surface area contributed by atoms with Crippen LogP contribution in [0.5, 0.6) is 0 Å². The van der Waals surface area contributed by atoms with Gasteiger partial charge in [-0.05, 0) is 44.0 Å². The standard InChI is InChI=1S/C15H18FN3/c1-9-7-11(3-4-13(9)16)15-14-8-12(17)5-6-19(14)10(2)18-15/h3-4,7,12H,5-6,8,17H2,1-2H3. The quantitative estimate of drug-likeness (QED) is 0.855. The lowest BCUT2D eigenvalue weighted by molar-refractivity contribution is 0.466. The van der Waals surface area contributed by atoms with Crippen molar-refractivity contribution in [1.82, 2.24) is 9.55 Å². The van der Waals surface area contributed by atoms with E-state index in [-0.39, 0.29) is 11.9 Å². The first kappa shape index (κ1) is 12.4. The van der Waals surface area contributed by atoms with Gasteiger partial charge in [-0.1, -0.05) is 0 Å². The van der Waals surface area contributed by atoms with Gasteiger partial charge < -0.3 is 10.3 Å². The molecule has 100 valence electrons. The Morgan fingerprint density at radius 3 is 2.89 bits per heavy atom. The number of hydrogen-bond donors (Lipinski definition) is 1. The molecule has 1 aromatic heterocycles. The van der Waals surface area contributed by atoms with Crippen LogP contribution in [0.25, 0.3) is 11.3 Å². The van der Waals surface area contributed by atoms with Crippen molar-refractivity contribution in [3.05, 3.63) is 41.1 Å². The highest BCUT2D eigenvalue weighted by Gasteiger charge is 2.22. The van der Waals surface area contributed by atoms with Crippen LogP contribution in [0.1, 0.15) is 23.5 Å². The topological polar surface area (TPSA) is 43.8 Å². The van der Waals surface area contributed by atoms with Crippen molar-refractivity contribution in [2.45, 2.75) is 39.3 Å². The van der Waals surface area contributed by atoms with Crippen molar-refractivity contribution < 1.29 is 4.39 Å². The summed E-state index contributed by atoms with van der Waals surface area (Å²) in [5, 5.41) is 0. The predicted octanol–water partition coefficient (Wildman–Crippen LogP) is 2.58. The van der Waals surface area contributed by atoms with Crippen LogP contribution in [0.3, 0.4) is 0 Å². The molecule has 0 radical (unpaired) electrons. The van der Waals surface area contributed by atoms with Crippen LogP contribution in [0.15, 0.2) is 18.2 Å². The van der Waals surface area contributed by atoms with Crippen molar-refractivity contribution >= 4 is 0 Å². The zero-order chi connectivity index (χ0) is 13.6. The number of halogens is 1. The van der Waals surface area contributed by atoms with Gasteiger partial charge in [0.05, 0.1) is 5.69 Å². The minimum Gasteiger partial charge on any atom is -0.332 e. The summed E-state index contributed by atoms with van der Waals surface area (Å²) < 4.78 is 15.6. The molecule has 2 heterocycles.